The maximum absolute atomic E-state index is 10.2. The Bertz CT molecular complexity index is 394. The molecule has 1 N–H and O–H groups in total. The predicted octanol–water partition coefficient (Wildman–Crippen LogP) is 3.02. The number of nitrogens with zero attached hydrogens (tertiary/aromatic N) is 3. The molecule has 1 unspecified atom stereocenters. The fraction of sp³-hybridized carbons (Fsp3) is 0.824. The minimum atomic E-state index is -0.277. The molecule has 4 nitrogen and oxygen atoms in total. The highest BCUT2D eigenvalue weighted by Crippen LogP contribution is 2.27. The van der Waals surface area contributed by atoms with Crippen LogP contribution in [-0.2, 0) is 6.42 Å². The van der Waals surface area contributed by atoms with Crippen LogP contribution in [0.5, 0.6) is 0 Å². The quantitative estimate of drug-likeness (QED) is 0.801. The van der Waals surface area contributed by atoms with Crippen LogP contribution in [0.1, 0.15) is 64.1 Å². The molecule has 21 heavy (non-hydrogen) atoms. The van der Waals surface area contributed by atoms with Crippen LogP contribution in [0.25, 0.3) is 0 Å². The lowest BCUT2D eigenvalue weighted by molar-refractivity contribution is 0.142. The zero-order chi connectivity index (χ0) is 15.1. The Morgan fingerprint density at radius 3 is 2.67 bits per heavy atom. The van der Waals surface area contributed by atoms with E-state index in [2.05, 4.69) is 40.8 Å². The average molecular weight is 293 g/mol. The van der Waals surface area contributed by atoms with E-state index in [-0.39, 0.29) is 6.10 Å². The Morgan fingerprint density at radius 1 is 1.29 bits per heavy atom. The van der Waals surface area contributed by atoms with Gasteiger partial charge < -0.3 is 10.0 Å². The fourth-order valence-corrected chi connectivity index (χ4v) is 3.25. The normalized spacial score (nSPS) is 18.3. The van der Waals surface area contributed by atoms with Gasteiger partial charge in [-0.1, -0.05) is 33.1 Å². The lowest BCUT2D eigenvalue weighted by Crippen LogP contribution is -2.27. The smallest absolute Gasteiger partial charge is 0.0650 e. The standard InChI is InChI=1S/C17H31N3O/c1-3-19(4-2)12-11-17(21)14-15-10-13-20(18-15)16-8-6-5-7-9-16/h10,13,16-17,21H,3-9,11-12,14H2,1-2H3. The summed E-state index contributed by atoms with van der Waals surface area (Å²) < 4.78 is 2.13. The topological polar surface area (TPSA) is 41.3 Å². The Labute approximate surface area is 129 Å². The summed E-state index contributed by atoms with van der Waals surface area (Å²) in [6, 6.07) is 2.66. The van der Waals surface area contributed by atoms with Crippen molar-refractivity contribution in [1.82, 2.24) is 14.7 Å². The van der Waals surface area contributed by atoms with Gasteiger partial charge in [0.05, 0.1) is 17.8 Å². The third-order valence-electron chi connectivity index (χ3n) is 4.73. The van der Waals surface area contributed by atoms with Crippen LogP contribution < -0.4 is 0 Å². The molecule has 1 aliphatic rings. The molecule has 0 spiro atoms. The SMILES string of the molecule is CCN(CC)CCC(O)Cc1ccn(C2CCCCC2)n1. The van der Waals surface area contributed by atoms with E-state index in [1.807, 2.05) is 0 Å². The van der Waals surface area contributed by atoms with Crippen molar-refractivity contribution in [3.63, 3.8) is 0 Å². The molecule has 4 heteroatoms. The molecule has 120 valence electrons. The fourth-order valence-electron chi connectivity index (χ4n) is 3.25. The van der Waals surface area contributed by atoms with Crippen molar-refractivity contribution in [1.29, 1.82) is 0 Å². The number of aliphatic hydroxyl groups is 1. The molecule has 1 aromatic rings. The van der Waals surface area contributed by atoms with E-state index < -0.39 is 0 Å². The van der Waals surface area contributed by atoms with Gasteiger partial charge in [0.15, 0.2) is 0 Å². The maximum Gasteiger partial charge on any atom is 0.0650 e. The highest BCUT2D eigenvalue weighted by Gasteiger charge is 2.17. The molecule has 0 bridgehead atoms. The number of hydrogen-bond donors (Lipinski definition) is 1. The van der Waals surface area contributed by atoms with Crippen molar-refractivity contribution in [2.75, 3.05) is 19.6 Å². The second kappa shape index (κ2) is 8.54. The van der Waals surface area contributed by atoms with E-state index in [4.69, 9.17) is 0 Å². The van der Waals surface area contributed by atoms with Crippen molar-refractivity contribution < 1.29 is 5.11 Å². The predicted molar refractivity (Wildman–Crippen MR) is 86.5 cm³/mol. The first kappa shape index (κ1) is 16.5. The minimum Gasteiger partial charge on any atom is -0.393 e. The lowest BCUT2D eigenvalue weighted by Gasteiger charge is -2.22. The highest BCUT2D eigenvalue weighted by molar-refractivity contribution is 5.01. The summed E-state index contributed by atoms with van der Waals surface area (Å²) in [6.07, 6.45) is 9.87. The molecule has 1 aromatic heterocycles. The molecule has 0 aromatic carbocycles. The number of hydrogen-bond acceptors (Lipinski definition) is 3. The first-order chi connectivity index (χ1) is 10.2. The lowest BCUT2D eigenvalue weighted by atomic mass is 9.96. The molecule has 1 aliphatic carbocycles. The van der Waals surface area contributed by atoms with Gasteiger partial charge in [0.25, 0.3) is 0 Å². The average Bonchev–Trinajstić information content (AvgIpc) is 2.97. The van der Waals surface area contributed by atoms with Gasteiger partial charge in [-0.15, -0.1) is 0 Å². The molecule has 1 atom stereocenters. The Hall–Kier alpha value is -0.870. The van der Waals surface area contributed by atoms with E-state index >= 15 is 0 Å². The van der Waals surface area contributed by atoms with Crippen LogP contribution >= 0.6 is 0 Å². The monoisotopic (exact) mass is 293 g/mol. The van der Waals surface area contributed by atoms with Crippen LogP contribution in [0.3, 0.4) is 0 Å². The first-order valence-electron chi connectivity index (χ1n) is 8.67. The Balaban J connectivity index is 1.78. The van der Waals surface area contributed by atoms with E-state index in [1.54, 1.807) is 0 Å². The highest BCUT2D eigenvalue weighted by atomic mass is 16.3. The molecular weight excluding hydrogens is 262 g/mol. The van der Waals surface area contributed by atoms with E-state index in [0.717, 1.165) is 31.7 Å². The summed E-state index contributed by atoms with van der Waals surface area (Å²) in [5, 5.41) is 14.9. The van der Waals surface area contributed by atoms with Gasteiger partial charge >= 0.3 is 0 Å². The summed E-state index contributed by atoms with van der Waals surface area (Å²) >= 11 is 0. The van der Waals surface area contributed by atoms with Gasteiger partial charge in [-0.05, 0) is 38.4 Å². The van der Waals surface area contributed by atoms with Gasteiger partial charge in [0, 0.05) is 19.2 Å². The molecule has 0 aliphatic heterocycles. The summed E-state index contributed by atoms with van der Waals surface area (Å²) in [4.78, 5) is 2.35. The number of rotatable bonds is 8. The van der Waals surface area contributed by atoms with Crippen molar-refractivity contribution in [2.24, 2.45) is 0 Å². The van der Waals surface area contributed by atoms with E-state index in [1.165, 1.54) is 32.1 Å². The second-order valence-corrected chi connectivity index (χ2v) is 6.25. The van der Waals surface area contributed by atoms with Crippen molar-refractivity contribution in [3.8, 4) is 0 Å². The summed E-state index contributed by atoms with van der Waals surface area (Å²) in [7, 11) is 0. The van der Waals surface area contributed by atoms with Crippen LogP contribution in [0.2, 0.25) is 0 Å². The summed E-state index contributed by atoms with van der Waals surface area (Å²) in [5.41, 5.74) is 1.03. The molecular formula is C17H31N3O. The molecule has 2 rings (SSSR count). The van der Waals surface area contributed by atoms with Crippen molar-refractivity contribution >= 4 is 0 Å². The largest absolute Gasteiger partial charge is 0.393 e. The minimum absolute atomic E-state index is 0.277. The maximum atomic E-state index is 10.2. The molecule has 0 amide bonds. The van der Waals surface area contributed by atoms with Gasteiger partial charge in [-0.25, -0.2) is 0 Å². The summed E-state index contributed by atoms with van der Waals surface area (Å²) in [6.45, 7) is 7.42. The zero-order valence-corrected chi connectivity index (χ0v) is 13.7. The zero-order valence-electron chi connectivity index (χ0n) is 13.7. The summed E-state index contributed by atoms with van der Waals surface area (Å²) in [5.74, 6) is 0. The number of aliphatic hydroxyl groups excluding tert-OH is 1. The Morgan fingerprint density at radius 2 is 2.00 bits per heavy atom. The van der Waals surface area contributed by atoms with E-state index in [0.29, 0.717) is 12.5 Å². The van der Waals surface area contributed by atoms with Gasteiger partial charge in [-0.2, -0.15) is 5.10 Å². The van der Waals surface area contributed by atoms with Crippen molar-refractivity contribution in [3.05, 3.63) is 18.0 Å². The first-order valence-corrected chi connectivity index (χ1v) is 8.67. The van der Waals surface area contributed by atoms with Crippen LogP contribution in [0.15, 0.2) is 12.3 Å². The third kappa shape index (κ3) is 5.11. The van der Waals surface area contributed by atoms with Gasteiger partial charge in [0.1, 0.15) is 0 Å². The van der Waals surface area contributed by atoms with Crippen LogP contribution in [0, 0.1) is 0 Å². The number of aromatic nitrogens is 2. The van der Waals surface area contributed by atoms with Crippen LogP contribution in [-0.4, -0.2) is 45.5 Å². The molecule has 1 heterocycles. The molecule has 1 fully saturated rings. The van der Waals surface area contributed by atoms with Gasteiger partial charge in [0.2, 0.25) is 0 Å². The molecule has 1 saturated carbocycles. The third-order valence-corrected chi connectivity index (χ3v) is 4.73. The van der Waals surface area contributed by atoms with Crippen molar-refractivity contribution in [2.45, 2.75) is 70.9 Å². The molecule has 0 radical (unpaired) electrons. The van der Waals surface area contributed by atoms with Crippen LogP contribution in [0.4, 0.5) is 0 Å². The Kier molecular flexibility index (Phi) is 6.71. The van der Waals surface area contributed by atoms with Gasteiger partial charge in [-0.3, -0.25) is 4.68 Å². The second-order valence-electron chi connectivity index (χ2n) is 6.25. The molecule has 0 saturated heterocycles. The van der Waals surface area contributed by atoms with E-state index in [9.17, 15) is 5.11 Å².